The topological polar surface area (TPSA) is 29.9 Å². The van der Waals surface area contributed by atoms with Crippen molar-refractivity contribution in [3.63, 3.8) is 0 Å². The summed E-state index contributed by atoms with van der Waals surface area (Å²) in [5.41, 5.74) is 1.68. The summed E-state index contributed by atoms with van der Waals surface area (Å²) in [7, 11) is 0. The molecule has 0 aliphatic heterocycles. The summed E-state index contributed by atoms with van der Waals surface area (Å²) in [6.45, 7) is 4.74. The van der Waals surface area contributed by atoms with Crippen molar-refractivity contribution in [3.8, 4) is 0 Å². The van der Waals surface area contributed by atoms with Gasteiger partial charge in [0.25, 0.3) is 0 Å². The average Bonchev–Trinajstić information content (AvgIpc) is 2.79. The maximum Gasteiger partial charge on any atom is 0.139 e. The Labute approximate surface area is 114 Å². The fraction of sp³-hybridized carbons (Fsp3) is 0.308. The van der Waals surface area contributed by atoms with Crippen LogP contribution < -0.4 is 5.32 Å². The number of rotatable bonds is 4. The zero-order chi connectivity index (χ0) is 13.1. The van der Waals surface area contributed by atoms with E-state index in [4.69, 9.17) is 0 Å². The summed E-state index contributed by atoms with van der Waals surface area (Å²) >= 11 is 3.13. The standard InChI is InChI=1S/C13H15BrFN3/c1-9(2)18-6-5-11(17-18)8-16-10-3-4-12(14)13(15)7-10/h3-7,9,16H,8H2,1-2H3. The van der Waals surface area contributed by atoms with Gasteiger partial charge in [0.1, 0.15) is 5.82 Å². The quantitative estimate of drug-likeness (QED) is 0.925. The summed E-state index contributed by atoms with van der Waals surface area (Å²) < 4.78 is 15.7. The monoisotopic (exact) mass is 311 g/mol. The lowest BCUT2D eigenvalue weighted by molar-refractivity contribution is 0.527. The number of halogens is 2. The third-order valence-electron chi connectivity index (χ3n) is 2.59. The molecule has 0 amide bonds. The lowest BCUT2D eigenvalue weighted by Crippen LogP contribution is -2.04. The Bertz CT molecular complexity index is 537. The maximum atomic E-state index is 13.3. The summed E-state index contributed by atoms with van der Waals surface area (Å²) in [6, 6.07) is 7.28. The highest BCUT2D eigenvalue weighted by molar-refractivity contribution is 9.10. The van der Waals surface area contributed by atoms with E-state index in [1.54, 1.807) is 6.07 Å². The number of nitrogens with one attached hydrogen (secondary N) is 1. The van der Waals surface area contributed by atoms with Crippen LogP contribution in [0.3, 0.4) is 0 Å². The van der Waals surface area contributed by atoms with Gasteiger partial charge >= 0.3 is 0 Å². The molecule has 5 heteroatoms. The molecule has 96 valence electrons. The van der Waals surface area contributed by atoms with Gasteiger partial charge in [-0.2, -0.15) is 5.10 Å². The van der Waals surface area contributed by atoms with Gasteiger partial charge < -0.3 is 5.32 Å². The molecule has 0 fully saturated rings. The second-order valence-electron chi connectivity index (χ2n) is 4.36. The van der Waals surface area contributed by atoms with Crippen molar-refractivity contribution in [2.45, 2.75) is 26.4 Å². The van der Waals surface area contributed by atoms with E-state index in [1.807, 2.05) is 23.0 Å². The Morgan fingerprint density at radius 3 is 2.78 bits per heavy atom. The van der Waals surface area contributed by atoms with Crippen molar-refractivity contribution < 1.29 is 4.39 Å². The first kappa shape index (κ1) is 13.1. The molecule has 0 spiro atoms. The normalized spacial score (nSPS) is 10.9. The number of anilines is 1. The molecular formula is C13H15BrFN3. The summed E-state index contributed by atoms with van der Waals surface area (Å²) in [5.74, 6) is -0.271. The molecule has 0 radical (unpaired) electrons. The first-order valence-corrected chi connectivity index (χ1v) is 6.58. The number of benzene rings is 1. The molecule has 2 aromatic rings. The SMILES string of the molecule is CC(C)n1ccc(CNc2ccc(Br)c(F)c2)n1. The van der Waals surface area contributed by atoms with Crippen molar-refractivity contribution in [1.29, 1.82) is 0 Å². The molecular weight excluding hydrogens is 297 g/mol. The molecule has 0 atom stereocenters. The lowest BCUT2D eigenvalue weighted by Gasteiger charge is -2.06. The van der Waals surface area contributed by atoms with Gasteiger partial charge in [-0.3, -0.25) is 4.68 Å². The minimum Gasteiger partial charge on any atom is -0.379 e. The molecule has 0 aliphatic carbocycles. The van der Waals surface area contributed by atoms with Gasteiger partial charge in [-0.25, -0.2) is 4.39 Å². The lowest BCUT2D eigenvalue weighted by atomic mass is 10.3. The van der Waals surface area contributed by atoms with Crippen LogP contribution in [-0.4, -0.2) is 9.78 Å². The van der Waals surface area contributed by atoms with Crippen molar-refractivity contribution in [2.24, 2.45) is 0 Å². The van der Waals surface area contributed by atoms with Crippen molar-refractivity contribution >= 4 is 21.6 Å². The van der Waals surface area contributed by atoms with Gasteiger partial charge in [-0.1, -0.05) is 0 Å². The van der Waals surface area contributed by atoms with Gasteiger partial charge in [0.05, 0.1) is 16.7 Å². The fourth-order valence-electron chi connectivity index (χ4n) is 1.56. The largest absolute Gasteiger partial charge is 0.379 e. The van der Waals surface area contributed by atoms with Gasteiger partial charge in [0, 0.05) is 17.9 Å². The molecule has 0 saturated carbocycles. The highest BCUT2D eigenvalue weighted by atomic mass is 79.9. The van der Waals surface area contributed by atoms with Crippen LogP contribution in [0.1, 0.15) is 25.6 Å². The minimum absolute atomic E-state index is 0.271. The molecule has 2 rings (SSSR count). The van der Waals surface area contributed by atoms with Crippen LogP contribution in [0.15, 0.2) is 34.9 Å². The molecule has 0 unspecified atom stereocenters. The maximum absolute atomic E-state index is 13.3. The van der Waals surface area contributed by atoms with E-state index in [0.29, 0.717) is 17.1 Å². The van der Waals surface area contributed by atoms with Gasteiger partial charge in [-0.15, -0.1) is 0 Å². The fourth-order valence-corrected chi connectivity index (χ4v) is 1.80. The van der Waals surface area contributed by atoms with Gasteiger partial charge in [0.2, 0.25) is 0 Å². The molecule has 1 aromatic carbocycles. The smallest absolute Gasteiger partial charge is 0.139 e. The van der Waals surface area contributed by atoms with Crippen LogP contribution in [0.5, 0.6) is 0 Å². The molecule has 3 nitrogen and oxygen atoms in total. The molecule has 18 heavy (non-hydrogen) atoms. The van der Waals surface area contributed by atoms with E-state index in [-0.39, 0.29) is 5.82 Å². The van der Waals surface area contributed by atoms with E-state index >= 15 is 0 Å². The average molecular weight is 312 g/mol. The number of aromatic nitrogens is 2. The second-order valence-corrected chi connectivity index (χ2v) is 5.22. The highest BCUT2D eigenvalue weighted by Crippen LogP contribution is 2.19. The third-order valence-corrected chi connectivity index (χ3v) is 3.23. The zero-order valence-electron chi connectivity index (χ0n) is 10.3. The summed E-state index contributed by atoms with van der Waals surface area (Å²) in [5, 5.41) is 7.56. The van der Waals surface area contributed by atoms with Crippen LogP contribution in [0, 0.1) is 5.82 Å². The zero-order valence-corrected chi connectivity index (χ0v) is 11.9. The van der Waals surface area contributed by atoms with E-state index in [9.17, 15) is 4.39 Å². The Kier molecular flexibility index (Phi) is 4.01. The molecule has 0 bridgehead atoms. The Morgan fingerprint density at radius 1 is 1.39 bits per heavy atom. The predicted molar refractivity (Wildman–Crippen MR) is 74.0 cm³/mol. The molecule has 0 aliphatic rings. The summed E-state index contributed by atoms with van der Waals surface area (Å²) in [6.07, 6.45) is 1.95. The Balaban J connectivity index is 2.00. The highest BCUT2D eigenvalue weighted by Gasteiger charge is 2.03. The number of nitrogens with zero attached hydrogens (tertiary/aromatic N) is 2. The third kappa shape index (κ3) is 3.10. The van der Waals surface area contributed by atoms with Crippen molar-refractivity contribution in [1.82, 2.24) is 9.78 Å². The van der Waals surface area contributed by atoms with E-state index < -0.39 is 0 Å². The molecule has 1 heterocycles. The number of hydrogen-bond acceptors (Lipinski definition) is 2. The van der Waals surface area contributed by atoms with Crippen LogP contribution in [0.25, 0.3) is 0 Å². The van der Waals surface area contributed by atoms with Crippen LogP contribution in [-0.2, 0) is 6.54 Å². The Hall–Kier alpha value is -1.36. The van der Waals surface area contributed by atoms with E-state index in [2.05, 4.69) is 40.2 Å². The Morgan fingerprint density at radius 2 is 2.17 bits per heavy atom. The first-order valence-electron chi connectivity index (χ1n) is 5.79. The number of hydrogen-bond donors (Lipinski definition) is 1. The van der Waals surface area contributed by atoms with Crippen LogP contribution >= 0.6 is 15.9 Å². The first-order chi connectivity index (χ1) is 8.56. The minimum atomic E-state index is -0.271. The van der Waals surface area contributed by atoms with E-state index in [1.165, 1.54) is 6.07 Å². The molecule has 1 N–H and O–H groups in total. The second kappa shape index (κ2) is 5.52. The van der Waals surface area contributed by atoms with Gasteiger partial charge in [-0.05, 0) is 54.0 Å². The van der Waals surface area contributed by atoms with Gasteiger partial charge in [0.15, 0.2) is 0 Å². The van der Waals surface area contributed by atoms with Crippen LogP contribution in [0.2, 0.25) is 0 Å². The van der Waals surface area contributed by atoms with Crippen molar-refractivity contribution in [3.05, 3.63) is 46.4 Å². The van der Waals surface area contributed by atoms with Crippen molar-refractivity contribution in [2.75, 3.05) is 5.32 Å². The molecule has 0 saturated heterocycles. The predicted octanol–water partition coefficient (Wildman–Crippen LogP) is 3.98. The van der Waals surface area contributed by atoms with Crippen LogP contribution in [0.4, 0.5) is 10.1 Å². The molecule has 1 aromatic heterocycles. The summed E-state index contributed by atoms with van der Waals surface area (Å²) in [4.78, 5) is 0. The van der Waals surface area contributed by atoms with E-state index in [0.717, 1.165) is 11.4 Å².